The van der Waals surface area contributed by atoms with Gasteiger partial charge in [-0.2, -0.15) is 0 Å². The van der Waals surface area contributed by atoms with Crippen LogP contribution in [0.2, 0.25) is 0 Å². The average molecular weight is 450 g/mol. The monoisotopic (exact) mass is 449 g/mol. The van der Waals surface area contributed by atoms with Crippen molar-refractivity contribution in [1.29, 1.82) is 0 Å². The molecule has 1 atom stereocenters. The molecule has 2 aliphatic rings. The lowest BCUT2D eigenvalue weighted by Crippen LogP contribution is -2.42. The third-order valence-corrected chi connectivity index (χ3v) is 6.79. The number of likely N-dealkylation sites (tertiary alicyclic amines) is 1. The smallest absolute Gasteiger partial charge is 0.236 e. The van der Waals surface area contributed by atoms with Crippen molar-refractivity contribution in [3.05, 3.63) is 52.5 Å². The molecule has 0 spiro atoms. The minimum atomic E-state index is 0.117. The van der Waals surface area contributed by atoms with Gasteiger partial charge in [-0.1, -0.05) is 29.8 Å². The first-order valence-corrected chi connectivity index (χ1v) is 12.0. The number of nitrogens with zero attached hydrogens (tertiary/aromatic N) is 5. The lowest BCUT2D eigenvalue weighted by Gasteiger charge is -2.34. The minimum absolute atomic E-state index is 0.117. The van der Waals surface area contributed by atoms with E-state index in [0.717, 1.165) is 55.3 Å². The molecule has 0 bridgehead atoms. The molecule has 1 fully saturated rings. The number of amides is 2. The van der Waals surface area contributed by atoms with Gasteiger partial charge in [0.2, 0.25) is 11.8 Å². The summed E-state index contributed by atoms with van der Waals surface area (Å²) < 4.78 is 0. The molecule has 7 nitrogen and oxygen atoms in total. The number of hydrogen-bond acceptors (Lipinski definition) is 5. The van der Waals surface area contributed by atoms with E-state index in [4.69, 9.17) is 9.97 Å². The Kier molecular flexibility index (Phi) is 7.08. The molecule has 1 aromatic carbocycles. The Hall–Kier alpha value is -2.80. The summed E-state index contributed by atoms with van der Waals surface area (Å²) in [5.41, 5.74) is 4.53. The molecule has 1 saturated heterocycles. The first-order chi connectivity index (χ1) is 15.8. The van der Waals surface area contributed by atoms with E-state index in [1.54, 1.807) is 19.0 Å². The van der Waals surface area contributed by atoms with Gasteiger partial charge in [-0.05, 0) is 51.6 Å². The van der Waals surface area contributed by atoms with Crippen molar-refractivity contribution in [1.82, 2.24) is 19.8 Å². The minimum Gasteiger partial charge on any atom is -0.348 e. The van der Waals surface area contributed by atoms with Gasteiger partial charge in [-0.3, -0.25) is 19.4 Å². The van der Waals surface area contributed by atoms with Gasteiger partial charge in [0, 0.05) is 50.8 Å². The van der Waals surface area contributed by atoms with Gasteiger partial charge in [0.1, 0.15) is 11.6 Å². The topological polar surface area (TPSA) is 69.6 Å². The van der Waals surface area contributed by atoms with Crippen molar-refractivity contribution in [3.63, 3.8) is 0 Å². The highest BCUT2D eigenvalue weighted by Gasteiger charge is 2.31. The van der Waals surface area contributed by atoms with E-state index in [2.05, 4.69) is 36.1 Å². The molecule has 176 valence electrons. The number of hydrogen-bond donors (Lipinski definition) is 0. The predicted octanol–water partition coefficient (Wildman–Crippen LogP) is 2.88. The molecule has 3 heterocycles. The van der Waals surface area contributed by atoms with Crippen LogP contribution in [0.5, 0.6) is 0 Å². The maximum atomic E-state index is 12.9. The van der Waals surface area contributed by atoms with Crippen molar-refractivity contribution in [2.45, 2.75) is 51.9 Å². The molecular weight excluding hydrogens is 414 g/mol. The second kappa shape index (κ2) is 10.00. The quantitative estimate of drug-likeness (QED) is 0.678. The van der Waals surface area contributed by atoms with Crippen LogP contribution < -0.4 is 4.90 Å². The third kappa shape index (κ3) is 5.41. The number of fused-ring (bicyclic) bond motifs is 1. The molecule has 2 aromatic rings. The lowest BCUT2D eigenvalue weighted by atomic mass is 9.95. The zero-order valence-corrected chi connectivity index (χ0v) is 20.3. The lowest BCUT2D eigenvalue weighted by molar-refractivity contribution is -0.130. The number of carbonyl (C=O) groups excluding carboxylic acids is 2. The highest BCUT2D eigenvalue weighted by molar-refractivity contribution is 5.95. The van der Waals surface area contributed by atoms with Crippen molar-refractivity contribution in [3.8, 4) is 0 Å². The molecule has 2 aliphatic heterocycles. The standard InChI is InChI=1S/C26H35N5O2/c1-18-7-5-8-20(15-18)12-14-31-23(32)11-10-22-19(2)27-25(28-26(22)31)21-9-6-13-30(16-21)17-24(33)29(3)4/h5,7-8,15,21H,6,9-14,16-17H2,1-4H3. The van der Waals surface area contributed by atoms with E-state index in [1.165, 1.54) is 11.1 Å². The van der Waals surface area contributed by atoms with Crippen molar-refractivity contribution in [2.24, 2.45) is 0 Å². The Balaban J connectivity index is 1.55. The average Bonchev–Trinajstić information content (AvgIpc) is 2.78. The number of likely N-dealkylation sites (N-methyl/N-ethyl adjacent to an activating group) is 1. The zero-order valence-electron chi connectivity index (χ0n) is 20.3. The van der Waals surface area contributed by atoms with Crippen LogP contribution >= 0.6 is 0 Å². The van der Waals surface area contributed by atoms with Crippen LogP contribution in [-0.4, -0.2) is 71.9 Å². The van der Waals surface area contributed by atoms with Gasteiger partial charge >= 0.3 is 0 Å². The van der Waals surface area contributed by atoms with Crippen LogP contribution in [0.4, 0.5) is 5.82 Å². The summed E-state index contributed by atoms with van der Waals surface area (Å²) >= 11 is 0. The number of carbonyl (C=O) groups is 2. The van der Waals surface area contributed by atoms with Gasteiger partial charge in [-0.15, -0.1) is 0 Å². The van der Waals surface area contributed by atoms with Crippen LogP contribution in [0, 0.1) is 13.8 Å². The van der Waals surface area contributed by atoms with Crippen LogP contribution in [0.1, 0.15) is 53.4 Å². The first-order valence-electron chi connectivity index (χ1n) is 12.0. The van der Waals surface area contributed by atoms with Crippen LogP contribution in [-0.2, 0) is 22.4 Å². The van der Waals surface area contributed by atoms with Crippen molar-refractivity contribution >= 4 is 17.6 Å². The van der Waals surface area contributed by atoms with Gasteiger partial charge in [0.25, 0.3) is 0 Å². The fourth-order valence-corrected chi connectivity index (χ4v) is 4.87. The summed E-state index contributed by atoms with van der Waals surface area (Å²) in [7, 11) is 3.59. The van der Waals surface area contributed by atoms with Gasteiger partial charge in [-0.25, -0.2) is 9.97 Å². The van der Waals surface area contributed by atoms with E-state index in [1.807, 2.05) is 11.8 Å². The normalized spacial score (nSPS) is 18.8. The van der Waals surface area contributed by atoms with Gasteiger partial charge in [0.15, 0.2) is 0 Å². The number of rotatable bonds is 6. The Morgan fingerprint density at radius 2 is 2.00 bits per heavy atom. The summed E-state index contributed by atoms with van der Waals surface area (Å²) in [4.78, 5) is 40.7. The molecule has 7 heteroatoms. The zero-order chi connectivity index (χ0) is 23.5. The number of aryl methyl sites for hydroxylation is 2. The van der Waals surface area contributed by atoms with E-state index in [9.17, 15) is 9.59 Å². The fourth-order valence-electron chi connectivity index (χ4n) is 4.87. The molecule has 0 saturated carbocycles. The van der Waals surface area contributed by atoms with Gasteiger partial charge in [0.05, 0.1) is 6.54 Å². The Labute approximate surface area is 196 Å². The summed E-state index contributed by atoms with van der Waals surface area (Å²) in [6.07, 6.45) is 4.03. The number of piperidine rings is 1. The van der Waals surface area contributed by atoms with Crippen LogP contribution in [0.15, 0.2) is 24.3 Å². The van der Waals surface area contributed by atoms with E-state index < -0.39 is 0 Å². The van der Waals surface area contributed by atoms with Crippen molar-refractivity contribution < 1.29 is 9.59 Å². The Morgan fingerprint density at radius 1 is 1.18 bits per heavy atom. The summed E-state index contributed by atoms with van der Waals surface area (Å²) in [6.45, 7) is 6.87. The van der Waals surface area contributed by atoms with E-state index in [0.29, 0.717) is 25.9 Å². The Morgan fingerprint density at radius 3 is 2.76 bits per heavy atom. The van der Waals surface area contributed by atoms with Gasteiger partial charge < -0.3 is 4.90 Å². The highest BCUT2D eigenvalue weighted by atomic mass is 16.2. The summed E-state index contributed by atoms with van der Waals surface area (Å²) in [5.74, 6) is 2.03. The molecule has 33 heavy (non-hydrogen) atoms. The molecule has 1 unspecified atom stereocenters. The fraction of sp³-hybridized carbons (Fsp3) is 0.538. The maximum Gasteiger partial charge on any atom is 0.236 e. The molecule has 4 rings (SSSR count). The molecule has 1 aromatic heterocycles. The van der Waals surface area contributed by atoms with Crippen molar-refractivity contribution in [2.75, 3.05) is 45.2 Å². The first kappa shape index (κ1) is 23.4. The molecule has 0 aliphatic carbocycles. The van der Waals surface area contributed by atoms with E-state index in [-0.39, 0.29) is 17.7 Å². The van der Waals surface area contributed by atoms with E-state index >= 15 is 0 Å². The predicted molar refractivity (Wildman–Crippen MR) is 129 cm³/mol. The maximum absolute atomic E-state index is 12.9. The molecule has 0 N–H and O–H groups in total. The number of aromatic nitrogens is 2. The van der Waals surface area contributed by atoms with Crippen LogP contribution in [0.25, 0.3) is 0 Å². The molecule has 0 radical (unpaired) electrons. The Bertz CT molecular complexity index is 1040. The summed E-state index contributed by atoms with van der Waals surface area (Å²) in [5, 5.41) is 0. The third-order valence-electron chi connectivity index (χ3n) is 6.79. The molecule has 2 amide bonds. The SMILES string of the molecule is Cc1cccc(CCN2C(=O)CCc3c(C)nc(C4CCCN(CC(=O)N(C)C)C4)nc32)c1. The molecular formula is C26H35N5O2. The summed E-state index contributed by atoms with van der Waals surface area (Å²) in [6, 6.07) is 8.45. The second-order valence-electron chi connectivity index (χ2n) is 9.62. The van der Waals surface area contributed by atoms with Crippen LogP contribution in [0.3, 0.4) is 0 Å². The highest BCUT2D eigenvalue weighted by Crippen LogP contribution is 2.32. The number of benzene rings is 1. The second-order valence-corrected chi connectivity index (χ2v) is 9.62. The number of anilines is 1. The largest absolute Gasteiger partial charge is 0.348 e.